The monoisotopic (exact) mass is 587 g/mol. The van der Waals surface area contributed by atoms with Gasteiger partial charge in [0.2, 0.25) is 0 Å². The largest absolute Gasteiger partial charge is 0.460 e. The molecule has 0 aromatic heterocycles. The number of aliphatic hydroxyl groups is 1. The summed E-state index contributed by atoms with van der Waals surface area (Å²) in [6, 6.07) is 4.89. The van der Waals surface area contributed by atoms with Crippen molar-refractivity contribution in [2.45, 2.75) is 103 Å². The van der Waals surface area contributed by atoms with Crippen LogP contribution in [-0.2, 0) is 35.1 Å². The Balaban J connectivity index is 2.05. The van der Waals surface area contributed by atoms with Crippen molar-refractivity contribution in [2.75, 3.05) is 0 Å². The standard InChI is InChI=1S/C28H39Cl2NO8/c1-25(2,3)37-22(33)18-17-19(18)28(23(34)38-26(4,5)6,31-24(35)39-27(7,8)9)21(20(17)32)36-13-14-10-11-15(29)16(30)12-14/h10-12,17-21,32H,13H2,1-9H3,(H,31,35)/t17-,18?,19-,20+,21?,28+/m0/s1. The Hall–Kier alpha value is -2.07. The summed E-state index contributed by atoms with van der Waals surface area (Å²) < 4.78 is 23.0. The molecule has 1 aromatic rings. The van der Waals surface area contributed by atoms with Crippen LogP contribution in [0.4, 0.5) is 4.79 Å². The van der Waals surface area contributed by atoms with Crippen LogP contribution in [0, 0.1) is 17.8 Å². The van der Waals surface area contributed by atoms with Crippen LogP contribution in [0.15, 0.2) is 18.2 Å². The molecule has 39 heavy (non-hydrogen) atoms. The number of rotatable bonds is 6. The van der Waals surface area contributed by atoms with Crippen LogP contribution >= 0.6 is 23.2 Å². The summed E-state index contributed by atoms with van der Waals surface area (Å²) in [6.45, 7) is 15.2. The SMILES string of the molecule is CC(C)(C)OC(=O)N[C@@]1(C(=O)OC(C)(C)C)C(OCc2ccc(Cl)c(Cl)c2)[C@H](O)[C@H]2C(C(=O)OC(C)(C)C)[C@H]21. The number of alkyl carbamates (subject to hydrolysis) is 1. The maximum atomic E-state index is 14.0. The van der Waals surface area contributed by atoms with Crippen LogP contribution in [-0.4, -0.2) is 57.7 Å². The molecule has 2 saturated carbocycles. The van der Waals surface area contributed by atoms with E-state index in [0.29, 0.717) is 15.6 Å². The fourth-order valence-electron chi connectivity index (χ4n) is 5.02. The quantitative estimate of drug-likeness (QED) is 0.350. The van der Waals surface area contributed by atoms with Gasteiger partial charge >= 0.3 is 18.0 Å². The highest BCUT2D eigenvalue weighted by Gasteiger charge is 2.81. The molecule has 6 atom stereocenters. The van der Waals surface area contributed by atoms with Gasteiger partial charge < -0.3 is 29.4 Å². The van der Waals surface area contributed by atoms with E-state index in [1.165, 1.54) is 0 Å². The van der Waals surface area contributed by atoms with Gasteiger partial charge in [-0.05, 0) is 80.0 Å². The smallest absolute Gasteiger partial charge is 0.408 e. The summed E-state index contributed by atoms with van der Waals surface area (Å²) in [5.41, 5.74) is -3.96. The molecule has 2 aliphatic carbocycles. The zero-order chi connectivity index (χ0) is 29.7. The molecular formula is C28H39Cl2NO8. The second-order valence-corrected chi connectivity index (χ2v) is 13.9. The molecule has 3 rings (SSSR count). The lowest BCUT2D eigenvalue weighted by atomic mass is 9.86. The van der Waals surface area contributed by atoms with E-state index in [-0.39, 0.29) is 6.61 Å². The molecule has 0 saturated heterocycles. The molecule has 2 fully saturated rings. The van der Waals surface area contributed by atoms with Gasteiger partial charge in [-0.25, -0.2) is 9.59 Å². The lowest BCUT2D eigenvalue weighted by Gasteiger charge is -2.40. The first-order chi connectivity index (χ1) is 17.7. The van der Waals surface area contributed by atoms with Crippen LogP contribution in [0.25, 0.3) is 0 Å². The third-order valence-corrected chi connectivity index (χ3v) is 7.03. The number of halogens is 2. The predicted octanol–water partition coefficient (Wildman–Crippen LogP) is 5.06. The summed E-state index contributed by atoms with van der Waals surface area (Å²) in [5, 5.41) is 14.8. The minimum Gasteiger partial charge on any atom is -0.460 e. The van der Waals surface area contributed by atoms with Gasteiger partial charge in [0.05, 0.1) is 28.7 Å². The van der Waals surface area contributed by atoms with Gasteiger partial charge in [0.25, 0.3) is 0 Å². The molecule has 2 N–H and O–H groups in total. The zero-order valence-corrected chi connectivity index (χ0v) is 25.4. The molecule has 2 unspecified atom stereocenters. The van der Waals surface area contributed by atoms with Crippen molar-refractivity contribution in [3.8, 4) is 0 Å². The Morgan fingerprint density at radius 1 is 0.897 bits per heavy atom. The Morgan fingerprint density at radius 2 is 1.46 bits per heavy atom. The number of hydrogen-bond acceptors (Lipinski definition) is 8. The number of aliphatic hydroxyl groups excluding tert-OH is 1. The number of nitrogens with one attached hydrogen (secondary N) is 1. The van der Waals surface area contributed by atoms with Gasteiger partial charge in [-0.2, -0.15) is 0 Å². The average molecular weight is 589 g/mol. The summed E-state index contributed by atoms with van der Waals surface area (Å²) in [6.07, 6.45) is -3.50. The Kier molecular flexibility index (Phi) is 8.65. The minimum absolute atomic E-state index is 0.0737. The maximum absolute atomic E-state index is 14.0. The normalized spacial score (nSPS) is 28.4. The highest BCUT2D eigenvalue weighted by molar-refractivity contribution is 6.42. The van der Waals surface area contributed by atoms with Gasteiger partial charge in [-0.3, -0.25) is 4.79 Å². The molecule has 0 radical (unpaired) electrons. The van der Waals surface area contributed by atoms with E-state index in [2.05, 4.69) is 5.32 Å². The van der Waals surface area contributed by atoms with Crippen molar-refractivity contribution in [1.82, 2.24) is 5.32 Å². The first-order valence-electron chi connectivity index (χ1n) is 12.9. The Labute approximate surface area is 239 Å². The second kappa shape index (κ2) is 10.7. The number of amides is 1. The molecule has 9 nitrogen and oxygen atoms in total. The zero-order valence-electron chi connectivity index (χ0n) is 23.9. The van der Waals surface area contributed by atoms with Crippen molar-refractivity contribution in [3.05, 3.63) is 33.8 Å². The first-order valence-corrected chi connectivity index (χ1v) is 13.6. The van der Waals surface area contributed by atoms with Gasteiger partial charge in [0.1, 0.15) is 22.9 Å². The first kappa shape index (κ1) is 31.5. The molecule has 1 aromatic carbocycles. The lowest BCUT2D eigenvalue weighted by Crippen LogP contribution is -2.67. The lowest BCUT2D eigenvalue weighted by molar-refractivity contribution is -0.178. The summed E-state index contributed by atoms with van der Waals surface area (Å²) in [4.78, 5) is 40.3. The van der Waals surface area contributed by atoms with Crippen molar-refractivity contribution in [3.63, 3.8) is 0 Å². The van der Waals surface area contributed by atoms with Gasteiger partial charge in [-0.15, -0.1) is 0 Å². The summed E-state index contributed by atoms with van der Waals surface area (Å²) in [7, 11) is 0. The van der Waals surface area contributed by atoms with Gasteiger partial charge in [0, 0.05) is 11.8 Å². The summed E-state index contributed by atoms with van der Waals surface area (Å²) in [5.74, 6) is -3.88. The molecular weight excluding hydrogens is 549 g/mol. The molecule has 11 heteroatoms. The van der Waals surface area contributed by atoms with Crippen LogP contribution in [0.3, 0.4) is 0 Å². The van der Waals surface area contributed by atoms with Gasteiger partial charge in [-0.1, -0.05) is 29.3 Å². The molecule has 218 valence electrons. The van der Waals surface area contributed by atoms with Crippen LogP contribution < -0.4 is 5.32 Å². The van der Waals surface area contributed by atoms with Crippen LogP contribution in [0.1, 0.15) is 67.9 Å². The average Bonchev–Trinajstić information content (AvgIpc) is 3.42. The minimum atomic E-state index is -1.95. The van der Waals surface area contributed by atoms with E-state index >= 15 is 0 Å². The van der Waals surface area contributed by atoms with Crippen molar-refractivity contribution in [2.24, 2.45) is 17.8 Å². The number of hydrogen-bond donors (Lipinski definition) is 2. The third kappa shape index (κ3) is 7.17. The van der Waals surface area contributed by atoms with Crippen molar-refractivity contribution >= 4 is 41.2 Å². The van der Waals surface area contributed by atoms with Crippen LogP contribution in [0.2, 0.25) is 10.0 Å². The van der Waals surface area contributed by atoms with Crippen molar-refractivity contribution in [1.29, 1.82) is 0 Å². The van der Waals surface area contributed by atoms with E-state index < -0.39 is 70.3 Å². The maximum Gasteiger partial charge on any atom is 0.408 e. The summed E-state index contributed by atoms with van der Waals surface area (Å²) >= 11 is 12.2. The van der Waals surface area contributed by atoms with E-state index in [0.717, 1.165) is 0 Å². The highest BCUT2D eigenvalue weighted by atomic mass is 35.5. The van der Waals surface area contributed by atoms with Crippen LogP contribution in [0.5, 0.6) is 0 Å². The number of carbonyl (C=O) groups is 3. The van der Waals surface area contributed by atoms with E-state index in [9.17, 15) is 19.5 Å². The molecule has 0 bridgehead atoms. The molecule has 2 aliphatic rings. The van der Waals surface area contributed by atoms with E-state index in [1.54, 1.807) is 80.5 Å². The molecule has 0 heterocycles. The Bertz CT molecular complexity index is 1120. The number of esters is 2. The molecule has 0 aliphatic heterocycles. The molecule has 0 spiro atoms. The fraction of sp³-hybridized carbons (Fsp3) is 0.679. The second-order valence-electron chi connectivity index (χ2n) is 13.1. The Morgan fingerprint density at radius 3 is 1.97 bits per heavy atom. The predicted molar refractivity (Wildman–Crippen MR) is 145 cm³/mol. The third-order valence-electron chi connectivity index (χ3n) is 6.29. The number of fused-ring (bicyclic) bond motifs is 1. The van der Waals surface area contributed by atoms with E-state index in [4.69, 9.17) is 42.1 Å². The highest BCUT2D eigenvalue weighted by Crippen LogP contribution is 2.64. The fourth-order valence-corrected chi connectivity index (χ4v) is 5.34. The number of benzene rings is 1. The number of ether oxygens (including phenoxy) is 4. The van der Waals surface area contributed by atoms with Gasteiger partial charge in [0.15, 0.2) is 5.54 Å². The number of carbonyl (C=O) groups excluding carboxylic acids is 3. The topological polar surface area (TPSA) is 120 Å². The van der Waals surface area contributed by atoms with Crippen molar-refractivity contribution < 1.29 is 38.4 Å². The van der Waals surface area contributed by atoms with E-state index in [1.807, 2.05) is 0 Å². The molecule has 1 amide bonds.